The van der Waals surface area contributed by atoms with Gasteiger partial charge in [-0.25, -0.2) is 4.98 Å². The van der Waals surface area contributed by atoms with Gasteiger partial charge < -0.3 is 14.8 Å². The number of rotatable bonds is 4. The molecule has 0 atom stereocenters. The van der Waals surface area contributed by atoms with Crippen molar-refractivity contribution in [2.75, 3.05) is 0 Å². The third kappa shape index (κ3) is 3.87. The van der Waals surface area contributed by atoms with Crippen molar-refractivity contribution in [2.24, 2.45) is 0 Å². The molecule has 2 N–H and O–H groups in total. The van der Waals surface area contributed by atoms with Gasteiger partial charge >= 0.3 is 5.97 Å². The highest BCUT2D eigenvalue weighted by molar-refractivity contribution is 5.92. The fourth-order valence-corrected chi connectivity index (χ4v) is 2.89. The second-order valence-corrected chi connectivity index (χ2v) is 7.15. The van der Waals surface area contributed by atoms with Crippen LogP contribution < -0.4 is 5.32 Å². The molecular formula is C16H24N2O4. The van der Waals surface area contributed by atoms with Crippen molar-refractivity contribution >= 4 is 11.9 Å². The summed E-state index contributed by atoms with van der Waals surface area (Å²) in [6.07, 6.45) is 5.61. The lowest BCUT2D eigenvalue weighted by Gasteiger charge is -2.36. The molecule has 22 heavy (non-hydrogen) atoms. The van der Waals surface area contributed by atoms with Crippen LogP contribution in [0.1, 0.15) is 75.7 Å². The molecule has 1 aliphatic rings. The van der Waals surface area contributed by atoms with Gasteiger partial charge in [0.25, 0.3) is 5.91 Å². The number of nitrogens with one attached hydrogen (secondary N) is 1. The molecule has 1 saturated carbocycles. The first-order chi connectivity index (χ1) is 10.2. The highest BCUT2D eigenvalue weighted by atomic mass is 16.4. The number of aliphatic carboxylic acids is 1. The van der Waals surface area contributed by atoms with Crippen molar-refractivity contribution in [3.8, 4) is 0 Å². The molecule has 0 aliphatic heterocycles. The first-order valence-electron chi connectivity index (χ1n) is 7.72. The lowest BCUT2D eigenvalue weighted by Crippen LogP contribution is -2.51. The van der Waals surface area contributed by atoms with Crippen molar-refractivity contribution in [2.45, 2.75) is 70.3 Å². The Bertz CT molecular complexity index is 551. The predicted octanol–water partition coefficient (Wildman–Crippen LogP) is 2.88. The van der Waals surface area contributed by atoms with Crippen molar-refractivity contribution < 1.29 is 19.1 Å². The Kier molecular flexibility index (Phi) is 4.58. The van der Waals surface area contributed by atoms with Crippen LogP contribution in [0, 0.1) is 0 Å². The molecule has 0 saturated heterocycles. The Hall–Kier alpha value is -1.85. The van der Waals surface area contributed by atoms with E-state index in [2.05, 4.69) is 10.3 Å². The fraction of sp³-hybridized carbons (Fsp3) is 0.688. The lowest BCUT2D eigenvalue weighted by atomic mass is 9.79. The predicted molar refractivity (Wildman–Crippen MR) is 80.7 cm³/mol. The van der Waals surface area contributed by atoms with Crippen LogP contribution in [0.15, 0.2) is 10.7 Å². The Morgan fingerprint density at radius 2 is 1.95 bits per heavy atom. The number of carboxylic acid groups (broad SMARTS) is 1. The zero-order chi connectivity index (χ0) is 16.4. The standard InChI is InChI=1S/C16H24N2O4/c1-15(2,3)14-17-11(10-22-14)13(21)18-16(9-12(19)20)7-5-4-6-8-16/h10H,4-9H2,1-3H3,(H,18,21)(H,19,20). The molecule has 122 valence electrons. The molecule has 0 bridgehead atoms. The number of oxazole rings is 1. The van der Waals surface area contributed by atoms with Crippen molar-refractivity contribution in [1.82, 2.24) is 10.3 Å². The minimum atomic E-state index is -0.891. The van der Waals surface area contributed by atoms with Crippen molar-refractivity contribution in [3.05, 3.63) is 17.8 Å². The van der Waals surface area contributed by atoms with Crippen LogP contribution in [0.4, 0.5) is 0 Å². The number of hydrogen-bond acceptors (Lipinski definition) is 4. The van der Waals surface area contributed by atoms with Gasteiger partial charge in [-0.1, -0.05) is 40.0 Å². The van der Waals surface area contributed by atoms with E-state index in [1.165, 1.54) is 6.26 Å². The third-order valence-corrected chi connectivity index (χ3v) is 4.06. The average Bonchev–Trinajstić information content (AvgIpc) is 2.88. The maximum Gasteiger partial charge on any atom is 0.305 e. The van der Waals surface area contributed by atoms with E-state index in [-0.39, 0.29) is 23.4 Å². The zero-order valence-corrected chi connectivity index (χ0v) is 13.4. The number of carbonyl (C=O) groups excluding carboxylic acids is 1. The van der Waals surface area contributed by atoms with Gasteiger partial charge in [-0.3, -0.25) is 9.59 Å². The topological polar surface area (TPSA) is 92.4 Å². The summed E-state index contributed by atoms with van der Waals surface area (Å²) >= 11 is 0. The second-order valence-electron chi connectivity index (χ2n) is 7.15. The molecule has 0 aromatic carbocycles. The van der Waals surface area contributed by atoms with E-state index in [9.17, 15) is 9.59 Å². The van der Waals surface area contributed by atoms with Crippen LogP contribution >= 0.6 is 0 Å². The van der Waals surface area contributed by atoms with E-state index in [0.717, 1.165) is 19.3 Å². The summed E-state index contributed by atoms with van der Waals surface area (Å²) in [7, 11) is 0. The first-order valence-corrected chi connectivity index (χ1v) is 7.72. The third-order valence-electron chi connectivity index (χ3n) is 4.06. The van der Waals surface area contributed by atoms with Gasteiger partial charge in [-0.05, 0) is 12.8 Å². The minimum absolute atomic E-state index is 0.0529. The molecule has 1 aromatic heterocycles. The first kappa shape index (κ1) is 16.5. The van der Waals surface area contributed by atoms with E-state index < -0.39 is 11.5 Å². The molecule has 1 heterocycles. The average molecular weight is 308 g/mol. The van der Waals surface area contributed by atoms with Gasteiger partial charge in [-0.2, -0.15) is 0 Å². The monoisotopic (exact) mass is 308 g/mol. The fourth-order valence-electron chi connectivity index (χ4n) is 2.89. The van der Waals surface area contributed by atoms with Crippen LogP contribution in [0.5, 0.6) is 0 Å². The summed E-state index contributed by atoms with van der Waals surface area (Å²) in [5, 5.41) is 12.0. The molecule has 0 unspecified atom stereocenters. The summed E-state index contributed by atoms with van der Waals surface area (Å²) in [6, 6.07) is 0. The van der Waals surface area contributed by atoms with Gasteiger partial charge in [0, 0.05) is 5.41 Å². The van der Waals surface area contributed by atoms with Gasteiger partial charge in [0.15, 0.2) is 11.6 Å². The smallest absolute Gasteiger partial charge is 0.305 e. The Morgan fingerprint density at radius 3 is 2.45 bits per heavy atom. The molecule has 1 aromatic rings. The van der Waals surface area contributed by atoms with Crippen LogP contribution in [0.2, 0.25) is 0 Å². The van der Waals surface area contributed by atoms with Crippen LogP contribution in [0.3, 0.4) is 0 Å². The minimum Gasteiger partial charge on any atom is -0.481 e. The molecule has 1 fully saturated rings. The summed E-state index contributed by atoms with van der Waals surface area (Å²) in [5.41, 5.74) is -0.732. The van der Waals surface area contributed by atoms with Crippen LogP contribution in [0.25, 0.3) is 0 Å². The molecule has 6 nitrogen and oxygen atoms in total. The highest BCUT2D eigenvalue weighted by Crippen LogP contribution is 2.31. The van der Waals surface area contributed by atoms with E-state index in [1.54, 1.807) is 0 Å². The highest BCUT2D eigenvalue weighted by Gasteiger charge is 2.36. The maximum absolute atomic E-state index is 12.4. The molecular weight excluding hydrogens is 284 g/mol. The number of nitrogens with zero attached hydrogens (tertiary/aromatic N) is 1. The van der Waals surface area contributed by atoms with Crippen LogP contribution in [-0.2, 0) is 10.2 Å². The Balaban J connectivity index is 2.14. The van der Waals surface area contributed by atoms with Crippen molar-refractivity contribution in [1.29, 1.82) is 0 Å². The largest absolute Gasteiger partial charge is 0.481 e. The van der Waals surface area contributed by atoms with Gasteiger partial charge in [0.05, 0.1) is 12.0 Å². The summed E-state index contributed by atoms with van der Waals surface area (Å²) in [5.74, 6) is -0.756. The Morgan fingerprint density at radius 1 is 1.32 bits per heavy atom. The molecule has 0 radical (unpaired) electrons. The lowest BCUT2D eigenvalue weighted by molar-refractivity contribution is -0.139. The molecule has 1 amide bonds. The number of carboxylic acids is 1. The van der Waals surface area contributed by atoms with Gasteiger partial charge in [-0.15, -0.1) is 0 Å². The van der Waals surface area contributed by atoms with E-state index >= 15 is 0 Å². The van der Waals surface area contributed by atoms with Gasteiger partial charge in [0.2, 0.25) is 0 Å². The summed E-state index contributed by atoms with van der Waals surface area (Å²) in [4.78, 5) is 27.8. The van der Waals surface area contributed by atoms with E-state index in [4.69, 9.17) is 9.52 Å². The van der Waals surface area contributed by atoms with Crippen molar-refractivity contribution in [3.63, 3.8) is 0 Å². The number of aromatic nitrogens is 1. The summed E-state index contributed by atoms with van der Waals surface area (Å²) in [6.45, 7) is 5.86. The SMILES string of the molecule is CC(C)(C)c1nc(C(=O)NC2(CC(=O)O)CCCCC2)co1. The molecule has 6 heteroatoms. The quantitative estimate of drug-likeness (QED) is 0.892. The number of carbonyl (C=O) groups is 2. The van der Waals surface area contributed by atoms with Gasteiger partial charge in [0.1, 0.15) is 6.26 Å². The maximum atomic E-state index is 12.4. The summed E-state index contributed by atoms with van der Waals surface area (Å²) < 4.78 is 5.37. The number of hydrogen-bond donors (Lipinski definition) is 2. The zero-order valence-electron chi connectivity index (χ0n) is 13.4. The molecule has 0 spiro atoms. The van der Waals surface area contributed by atoms with E-state index in [1.807, 2.05) is 20.8 Å². The number of amides is 1. The molecule has 1 aliphatic carbocycles. The molecule has 2 rings (SSSR count). The van der Waals surface area contributed by atoms with Crippen LogP contribution in [-0.4, -0.2) is 27.5 Å². The normalized spacial score (nSPS) is 18.0. The Labute approximate surface area is 130 Å². The second kappa shape index (κ2) is 6.10. The van der Waals surface area contributed by atoms with E-state index in [0.29, 0.717) is 18.7 Å².